The Balaban J connectivity index is 1.61. The summed E-state index contributed by atoms with van der Waals surface area (Å²) in [6.45, 7) is 3.54. The van der Waals surface area contributed by atoms with Crippen molar-refractivity contribution in [3.8, 4) is 0 Å². The van der Waals surface area contributed by atoms with Gasteiger partial charge in [0, 0.05) is 23.8 Å². The minimum Gasteiger partial charge on any atom is -0.381 e. The number of rotatable bonds is 4. The molecule has 18 heavy (non-hydrogen) atoms. The molecule has 5 nitrogen and oxygen atoms in total. The van der Waals surface area contributed by atoms with E-state index in [0.717, 1.165) is 37.4 Å². The van der Waals surface area contributed by atoms with E-state index in [-0.39, 0.29) is 0 Å². The van der Waals surface area contributed by atoms with Crippen LogP contribution in [0.4, 0.5) is 0 Å². The summed E-state index contributed by atoms with van der Waals surface area (Å²) in [4.78, 5) is 9.97. The molecule has 0 N–H and O–H groups in total. The number of aryl methyl sites for hydroxylation is 3. The Kier molecular flexibility index (Phi) is 3.38. The number of hydrogen-bond acceptors (Lipinski definition) is 6. The van der Waals surface area contributed by atoms with Gasteiger partial charge in [-0.1, -0.05) is 5.16 Å². The van der Waals surface area contributed by atoms with Crippen molar-refractivity contribution in [1.82, 2.24) is 15.1 Å². The lowest BCUT2D eigenvalue weighted by atomic mass is 10.1. The third-order valence-electron chi connectivity index (χ3n) is 3.19. The number of thiazole rings is 1. The molecule has 6 heteroatoms. The second-order valence-corrected chi connectivity index (χ2v) is 5.41. The second kappa shape index (κ2) is 5.16. The summed E-state index contributed by atoms with van der Waals surface area (Å²) in [5, 5.41) is 4.04. The van der Waals surface area contributed by atoms with Gasteiger partial charge in [0.25, 0.3) is 0 Å². The Hall–Kier alpha value is -1.27. The van der Waals surface area contributed by atoms with Crippen molar-refractivity contribution in [3.63, 3.8) is 0 Å². The first-order chi connectivity index (χ1) is 8.83. The van der Waals surface area contributed by atoms with Gasteiger partial charge in [-0.05, 0) is 19.8 Å². The Labute approximate surface area is 109 Å². The lowest BCUT2D eigenvalue weighted by Crippen LogP contribution is -2.00. The average molecular weight is 265 g/mol. The molecule has 1 fully saturated rings. The summed E-state index contributed by atoms with van der Waals surface area (Å²) in [7, 11) is 0. The molecule has 1 atom stereocenters. The summed E-state index contributed by atoms with van der Waals surface area (Å²) >= 11 is 1.68. The van der Waals surface area contributed by atoms with Crippen molar-refractivity contribution < 1.29 is 9.26 Å². The molecule has 0 bridgehead atoms. The Morgan fingerprint density at radius 3 is 3.11 bits per heavy atom. The number of aromatic nitrogens is 3. The zero-order chi connectivity index (χ0) is 12.4. The van der Waals surface area contributed by atoms with Crippen LogP contribution in [0.5, 0.6) is 0 Å². The molecule has 1 aliphatic rings. The zero-order valence-corrected chi connectivity index (χ0v) is 11.1. The number of ether oxygens (including phenoxy) is 1. The minimum absolute atomic E-state index is 0.313. The van der Waals surface area contributed by atoms with E-state index in [4.69, 9.17) is 9.26 Å². The molecule has 1 saturated heterocycles. The Morgan fingerprint density at radius 1 is 1.44 bits per heavy atom. The van der Waals surface area contributed by atoms with Gasteiger partial charge in [0.2, 0.25) is 5.89 Å². The van der Waals surface area contributed by atoms with Crippen LogP contribution >= 0.6 is 11.3 Å². The first kappa shape index (κ1) is 11.8. The topological polar surface area (TPSA) is 61.0 Å². The van der Waals surface area contributed by atoms with Gasteiger partial charge < -0.3 is 9.26 Å². The van der Waals surface area contributed by atoms with E-state index in [1.54, 1.807) is 11.3 Å². The zero-order valence-electron chi connectivity index (χ0n) is 10.3. The quantitative estimate of drug-likeness (QED) is 0.847. The largest absolute Gasteiger partial charge is 0.381 e. The van der Waals surface area contributed by atoms with Crippen molar-refractivity contribution in [2.75, 3.05) is 13.2 Å². The molecule has 2 aromatic heterocycles. The SMILES string of the molecule is Cc1ncsc1CCc1nc([C@H]2CCOC2)no1. The molecular formula is C12H15N3O2S. The van der Waals surface area contributed by atoms with E-state index >= 15 is 0 Å². The van der Waals surface area contributed by atoms with E-state index in [9.17, 15) is 0 Å². The fourth-order valence-electron chi connectivity index (χ4n) is 2.06. The first-order valence-corrected chi connectivity index (χ1v) is 7.00. The maximum absolute atomic E-state index is 5.33. The molecule has 96 valence electrons. The maximum Gasteiger partial charge on any atom is 0.227 e. The van der Waals surface area contributed by atoms with Crippen LogP contribution in [0, 0.1) is 6.92 Å². The second-order valence-electron chi connectivity index (χ2n) is 4.47. The molecule has 0 aliphatic carbocycles. The highest BCUT2D eigenvalue weighted by Crippen LogP contribution is 2.23. The maximum atomic E-state index is 5.33. The normalized spacial score (nSPS) is 19.5. The molecule has 0 aromatic carbocycles. The highest BCUT2D eigenvalue weighted by molar-refractivity contribution is 7.09. The summed E-state index contributed by atoms with van der Waals surface area (Å²) in [5.41, 5.74) is 2.98. The van der Waals surface area contributed by atoms with Crippen LogP contribution in [-0.4, -0.2) is 28.3 Å². The third kappa shape index (κ3) is 2.44. The molecule has 2 aromatic rings. The molecule has 3 rings (SSSR count). The van der Waals surface area contributed by atoms with Gasteiger partial charge in [-0.3, -0.25) is 0 Å². The van der Waals surface area contributed by atoms with Crippen LogP contribution in [-0.2, 0) is 17.6 Å². The van der Waals surface area contributed by atoms with Gasteiger partial charge >= 0.3 is 0 Å². The minimum atomic E-state index is 0.313. The molecule has 1 aliphatic heterocycles. The van der Waals surface area contributed by atoms with E-state index in [1.165, 1.54) is 4.88 Å². The van der Waals surface area contributed by atoms with Crippen LogP contribution in [0.25, 0.3) is 0 Å². The van der Waals surface area contributed by atoms with Crippen LogP contribution in [0.15, 0.2) is 10.0 Å². The van der Waals surface area contributed by atoms with E-state index in [0.29, 0.717) is 18.4 Å². The predicted molar refractivity (Wildman–Crippen MR) is 66.7 cm³/mol. The van der Waals surface area contributed by atoms with Crippen molar-refractivity contribution in [2.24, 2.45) is 0 Å². The van der Waals surface area contributed by atoms with Crippen molar-refractivity contribution >= 4 is 11.3 Å². The molecular weight excluding hydrogens is 250 g/mol. The lowest BCUT2D eigenvalue weighted by molar-refractivity contribution is 0.192. The predicted octanol–water partition coefficient (Wildman–Crippen LogP) is 2.12. The summed E-state index contributed by atoms with van der Waals surface area (Å²) in [5.74, 6) is 1.82. The average Bonchev–Trinajstić information content (AvgIpc) is 3.08. The van der Waals surface area contributed by atoms with Gasteiger partial charge in [0.05, 0.1) is 17.8 Å². The smallest absolute Gasteiger partial charge is 0.227 e. The Bertz CT molecular complexity index is 517. The standard InChI is InChI=1S/C12H15N3O2S/c1-8-10(18-7-13-8)2-3-11-14-12(15-17-11)9-4-5-16-6-9/h7,9H,2-6H2,1H3/t9-/m0/s1. The Morgan fingerprint density at radius 2 is 2.39 bits per heavy atom. The molecule has 0 unspecified atom stereocenters. The van der Waals surface area contributed by atoms with Gasteiger partial charge in [0.15, 0.2) is 5.82 Å². The van der Waals surface area contributed by atoms with Crippen LogP contribution in [0.3, 0.4) is 0 Å². The third-order valence-corrected chi connectivity index (χ3v) is 4.18. The van der Waals surface area contributed by atoms with Crippen molar-refractivity contribution in [2.45, 2.75) is 32.1 Å². The molecule has 3 heterocycles. The molecule has 0 saturated carbocycles. The fourth-order valence-corrected chi connectivity index (χ4v) is 2.84. The van der Waals surface area contributed by atoms with Crippen LogP contribution in [0.2, 0.25) is 0 Å². The van der Waals surface area contributed by atoms with Gasteiger partial charge in [-0.25, -0.2) is 4.98 Å². The van der Waals surface area contributed by atoms with Crippen LogP contribution in [0.1, 0.15) is 34.6 Å². The summed E-state index contributed by atoms with van der Waals surface area (Å²) in [6, 6.07) is 0. The summed E-state index contributed by atoms with van der Waals surface area (Å²) < 4.78 is 10.6. The molecule has 0 spiro atoms. The first-order valence-electron chi connectivity index (χ1n) is 6.12. The van der Waals surface area contributed by atoms with E-state index in [1.807, 2.05) is 12.4 Å². The number of nitrogens with zero attached hydrogens (tertiary/aromatic N) is 3. The molecule has 0 amide bonds. The molecule has 0 radical (unpaired) electrons. The summed E-state index contributed by atoms with van der Waals surface area (Å²) in [6.07, 6.45) is 2.69. The van der Waals surface area contributed by atoms with Gasteiger partial charge in [-0.2, -0.15) is 4.98 Å². The monoisotopic (exact) mass is 265 g/mol. The van der Waals surface area contributed by atoms with Crippen LogP contribution < -0.4 is 0 Å². The van der Waals surface area contributed by atoms with E-state index < -0.39 is 0 Å². The highest BCUT2D eigenvalue weighted by atomic mass is 32.1. The van der Waals surface area contributed by atoms with Gasteiger partial charge in [0.1, 0.15) is 0 Å². The van der Waals surface area contributed by atoms with Crippen molar-refractivity contribution in [1.29, 1.82) is 0 Å². The van der Waals surface area contributed by atoms with Gasteiger partial charge in [-0.15, -0.1) is 11.3 Å². The van der Waals surface area contributed by atoms with Crippen molar-refractivity contribution in [3.05, 3.63) is 27.8 Å². The lowest BCUT2D eigenvalue weighted by Gasteiger charge is -1.97. The number of hydrogen-bond donors (Lipinski definition) is 0. The highest BCUT2D eigenvalue weighted by Gasteiger charge is 2.23. The fraction of sp³-hybridized carbons (Fsp3) is 0.583. The van der Waals surface area contributed by atoms with E-state index in [2.05, 4.69) is 15.1 Å².